The Kier molecular flexibility index (Phi) is 16.1. The molecule has 16 nitrogen and oxygen atoms in total. The lowest BCUT2D eigenvalue weighted by Gasteiger charge is -2.25. The molecule has 36 heavy (non-hydrogen) atoms. The van der Waals surface area contributed by atoms with Crippen molar-refractivity contribution in [2.24, 2.45) is 27.9 Å². The molecule has 0 aromatic rings. The number of nitrogens with zero attached hydrogens (tertiary/aromatic N) is 1. The highest BCUT2D eigenvalue weighted by molar-refractivity contribution is 5.94. The van der Waals surface area contributed by atoms with Gasteiger partial charge in [-0.2, -0.15) is 0 Å². The molecule has 3 amide bonds. The number of nitrogens with one attached hydrogen (secondary N) is 3. The molecule has 4 atom stereocenters. The Morgan fingerprint density at radius 3 is 1.81 bits per heavy atom. The van der Waals surface area contributed by atoms with Crippen LogP contribution in [0, 0.1) is 0 Å². The van der Waals surface area contributed by atoms with Crippen molar-refractivity contribution >= 4 is 35.6 Å². The van der Waals surface area contributed by atoms with Crippen molar-refractivity contribution < 1.29 is 39.3 Å². The van der Waals surface area contributed by atoms with Gasteiger partial charge in [0.1, 0.15) is 24.2 Å². The SMILES string of the molecule is NCCCCC(NC(=O)C(CCCN=C(N)N)NC(=O)C(CCC(=O)O)NC(=O)C(N)CO)C(=O)O. The molecule has 14 N–H and O–H groups in total. The molecular weight excluding hydrogens is 480 g/mol. The van der Waals surface area contributed by atoms with E-state index in [0.717, 1.165) is 0 Å². The summed E-state index contributed by atoms with van der Waals surface area (Å²) in [6, 6.07) is -5.22. The minimum Gasteiger partial charge on any atom is -0.481 e. The van der Waals surface area contributed by atoms with Gasteiger partial charge in [-0.25, -0.2) is 4.79 Å². The number of hydrogen-bond acceptors (Lipinski definition) is 9. The third-order valence-electron chi connectivity index (χ3n) is 4.95. The molecule has 0 saturated heterocycles. The van der Waals surface area contributed by atoms with Crippen LogP contribution >= 0.6 is 0 Å². The van der Waals surface area contributed by atoms with Crippen LogP contribution < -0.4 is 38.9 Å². The number of guanidine groups is 1. The van der Waals surface area contributed by atoms with Crippen LogP contribution in [0.25, 0.3) is 0 Å². The van der Waals surface area contributed by atoms with Crippen LogP contribution in [-0.4, -0.2) is 94.8 Å². The molecule has 0 aliphatic carbocycles. The second-order valence-electron chi connectivity index (χ2n) is 7.98. The van der Waals surface area contributed by atoms with E-state index in [1.165, 1.54) is 0 Å². The van der Waals surface area contributed by atoms with E-state index in [4.69, 9.17) is 33.1 Å². The average molecular weight is 519 g/mol. The average Bonchev–Trinajstić information content (AvgIpc) is 2.81. The normalized spacial score (nSPS) is 14.0. The van der Waals surface area contributed by atoms with Crippen molar-refractivity contribution in [1.82, 2.24) is 16.0 Å². The molecule has 0 spiro atoms. The number of carboxylic acids is 2. The largest absolute Gasteiger partial charge is 0.481 e. The number of carboxylic acid groups (broad SMARTS) is 2. The molecule has 4 unspecified atom stereocenters. The summed E-state index contributed by atoms with van der Waals surface area (Å²) in [7, 11) is 0. The van der Waals surface area contributed by atoms with Gasteiger partial charge in [0.25, 0.3) is 0 Å². The minimum atomic E-state index is -1.39. The molecule has 0 aliphatic heterocycles. The zero-order valence-corrected chi connectivity index (χ0v) is 20.0. The van der Waals surface area contributed by atoms with Gasteiger partial charge in [-0.3, -0.25) is 24.2 Å². The molecule has 0 heterocycles. The Morgan fingerprint density at radius 1 is 0.778 bits per heavy atom. The molecule has 16 heteroatoms. The Hall–Kier alpha value is -3.50. The van der Waals surface area contributed by atoms with Crippen LogP contribution in [0.3, 0.4) is 0 Å². The van der Waals surface area contributed by atoms with Gasteiger partial charge in [-0.1, -0.05) is 0 Å². The fourth-order valence-electron chi connectivity index (χ4n) is 2.97. The van der Waals surface area contributed by atoms with Crippen molar-refractivity contribution in [2.45, 2.75) is 69.1 Å². The molecular formula is C20H38N8O8. The van der Waals surface area contributed by atoms with E-state index < -0.39 is 66.9 Å². The van der Waals surface area contributed by atoms with Gasteiger partial charge < -0.3 is 54.2 Å². The number of aliphatic carboxylic acids is 2. The maximum atomic E-state index is 12.9. The van der Waals surface area contributed by atoms with Gasteiger partial charge in [-0.05, 0) is 45.1 Å². The number of aliphatic hydroxyl groups is 1. The lowest BCUT2D eigenvalue weighted by molar-refractivity contribution is -0.142. The van der Waals surface area contributed by atoms with Crippen LogP contribution in [0.2, 0.25) is 0 Å². The first-order valence-electron chi connectivity index (χ1n) is 11.4. The molecule has 0 aliphatic rings. The minimum absolute atomic E-state index is 0.000751. The van der Waals surface area contributed by atoms with Gasteiger partial charge in [0.15, 0.2) is 5.96 Å². The first-order chi connectivity index (χ1) is 16.9. The summed E-state index contributed by atoms with van der Waals surface area (Å²) in [6.07, 6.45) is 0.523. The smallest absolute Gasteiger partial charge is 0.326 e. The quantitative estimate of drug-likeness (QED) is 0.0443. The highest BCUT2D eigenvalue weighted by Gasteiger charge is 2.30. The van der Waals surface area contributed by atoms with Crippen LogP contribution in [0.1, 0.15) is 44.9 Å². The zero-order valence-electron chi connectivity index (χ0n) is 20.0. The summed E-state index contributed by atoms with van der Waals surface area (Å²) < 4.78 is 0. The Morgan fingerprint density at radius 2 is 1.31 bits per heavy atom. The van der Waals surface area contributed by atoms with E-state index in [9.17, 15) is 29.1 Å². The van der Waals surface area contributed by atoms with Crippen molar-refractivity contribution in [2.75, 3.05) is 19.7 Å². The molecule has 0 bridgehead atoms. The van der Waals surface area contributed by atoms with Gasteiger partial charge in [-0.15, -0.1) is 0 Å². The lowest BCUT2D eigenvalue weighted by Crippen LogP contribution is -2.57. The summed E-state index contributed by atoms with van der Waals surface area (Å²) in [4.78, 5) is 64.2. The number of hydrogen-bond donors (Lipinski definition) is 10. The third-order valence-corrected chi connectivity index (χ3v) is 4.95. The van der Waals surface area contributed by atoms with Gasteiger partial charge in [0, 0.05) is 13.0 Å². The predicted octanol–water partition coefficient (Wildman–Crippen LogP) is -4.11. The highest BCUT2D eigenvalue weighted by Crippen LogP contribution is 2.06. The number of aliphatic imine (C=N–C) groups is 1. The number of aliphatic hydroxyl groups excluding tert-OH is 1. The number of rotatable bonds is 19. The number of amides is 3. The molecule has 0 aromatic heterocycles. The van der Waals surface area contributed by atoms with Crippen LogP contribution in [0.15, 0.2) is 4.99 Å². The molecule has 206 valence electrons. The van der Waals surface area contributed by atoms with Crippen molar-refractivity contribution in [3.05, 3.63) is 0 Å². The van der Waals surface area contributed by atoms with E-state index in [2.05, 4.69) is 20.9 Å². The maximum Gasteiger partial charge on any atom is 0.326 e. The van der Waals surface area contributed by atoms with E-state index in [1.54, 1.807) is 0 Å². The van der Waals surface area contributed by atoms with Gasteiger partial charge in [0.2, 0.25) is 17.7 Å². The van der Waals surface area contributed by atoms with Gasteiger partial charge in [0.05, 0.1) is 6.61 Å². The molecule has 0 rings (SSSR count). The van der Waals surface area contributed by atoms with Crippen LogP contribution in [0.4, 0.5) is 0 Å². The van der Waals surface area contributed by atoms with E-state index >= 15 is 0 Å². The Labute approximate surface area is 208 Å². The van der Waals surface area contributed by atoms with Crippen LogP contribution in [0.5, 0.6) is 0 Å². The summed E-state index contributed by atoms with van der Waals surface area (Å²) in [5, 5.41) is 34.5. The fraction of sp³-hybridized carbons (Fsp3) is 0.700. The number of carbonyl (C=O) groups is 5. The van der Waals surface area contributed by atoms with Crippen molar-refractivity contribution in [3.8, 4) is 0 Å². The third kappa shape index (κ3) is 14.0. The second kappa shape index (κ2) is 17.9. The zero-order chi connectivity index (χ0) is 27.7. The number of unbranched alkanes of at least 4 members (excludes halogenated alkanes) is 1. The van der Waals surface area contributed by atoms with Crippen LogP contribution in [-0.2, 0) is 24.0 Å². The predicted molar refractivity (Wildman–Crippen MR) is 128 cm³/mol. The van der Waals surface area contributed by atoms with E-state index in [1.807, 2.05) is 0 Å². The number of carbonyl (C=O) groups excluding carboxylic acids is 3. The maximum absolute atomic E-state index is 12.9. The highest BCUT2D eigenvalue weighted by atomic mass is 16.4. The Balaban J connectivity index is 5.61. The first-order valence-corrected chi connectivity index (χ1v) is 11.4. The summed E-state index contributed by atoms with van der Waals surface area (Å²) in [6.45, 7) is -0.242. The summed E-state index contributed by atoms with van der Waals surface area (Å²) in [5.74, 6) is -5.28. The molecule has 0 aromatic carbocycles. The monoisotopic (exact) mass is 518 g/mol. The van der Waals surface area contributed by atoms with Crippen molar-refractivity contribution in [1.29, 1.82) is 0 Å². The fourth-order valence-corrected chi connectivity index (χ4v) is 2.97. The van der Waals surface area contributed by atoms with E-state index in [0.29, 0.717) is 19.4 Å². The second-order valence-corrected chi connectivity index (χ2v) is 7.98. The summed E-state index contributed by atoms with van der Waals surface area (Å²) >= 11 is 0. The topological polar surface area (TPSA) is 299 Å². The first kappa shape index (κ1) is 32.5. The Bertz CT molecular complexity index is 775. The van der Waals surface area contributed by atoms with E-state index in [-0.39, 0.29) is 38.2 Å². The molecule has 0 fully saturated rings. The molecule has 0 radical (unpaired) electrons. The lowest BCUT2D eigenvalue weighted by atomic mass is 10.1. The summed E-state index contributed by atoms with van der Waals surface area (Å²) in [5.41, 5.74) is 21.4. The van der Waals surface area contributed by atoms with Gasteiger partial charge >= 0.3 is 11.9 Å². The molecule has 0 saturated carbocycles. The standard InChI is InChI=1S/C20H38N8O8/c21-8-2-1-4-14(19(35)36)28-17(33)12(5-3-9-25-20(23)24)27-18(34)13(6-7-15(30)31)26-16(32)11(22)10-29/h11-14,29H,1-10,21-22H2,(H,26,32)(H,27,34)(H,28,33)(H,30,31)(H,35,36)(H4,23,24,25). The number of nitrogens with two attached hydrogens (primary N) is 4. The van der Waals surface area contributed by atoms with Crippen molar-refractivity contribution in [3.63, 3.8) is 0 Å².